The predicted octanol–water partition coefficient (Wildman–Crippen LogP) is 2.04. The first-order chi connectivity index (χ1) is 8.06. The number of nitrogens with zero attached hydrogens (tertiary/aromatic N) is 2. The van der Waals surface area contributed by atoms with E-state index in [9.17, 15) is 0 Å². The minimum atomic E-state index is -0.345. The molecule has 0 spiro atoms. The normalized spacial score (nSPS) is 11.1. The van der Waals surface area contributed by atoms with Crippen molar-refractivity contribution in [3.05, 3.63) is 29.8 Å². The number of anilines is 1. The highest BCUT2D eigenvalue weighted by Gasteiger charge is 2.06. The third kappa shape index (κ3) is 3.31. The van der Waals surface area contributed by atoms with Crippen molar-refractivity contribution in [2.24, 2.45) is 10.8 Å². The van der Waals surface area contributed by atoms with Crippen LogP contribution >= 0.6 is 0 Å². The molecule has 5 heteroatoms. The zero-order chi connectivity index (χ0) is 12.8. The summed E-state index contributed by atoms with van der Waals surface area (Å²) < 4.78 is 0. The standard InChI is InChI=1S/C12H15N5/c1-8(2)9-5-3-4-6-10(9)16-17-11(7-13)12(14)15/h3-6,8,16H,1-2H3,(H3,14,15)/b17-11+. The molecular formula is C12H15N5. The molecule has 5 nitrogen and oxygen atoms in total. The molecule has 0 unspecified atom stereocenters. The van der Waals surface area contributed by atoms with Gasteiger partial charge in [-0.05, 0) is 17.5 Å². The van der Waals surface area contributed by atoms with Gasteiger partial charge in [0.05, 0.1) is 5.69 Å². The first-order valence-electron chi connectivity index (χ1n) is 5.23. The summed E-state index contributed by atoms with van der Waals surface area (Å²) in [6, 6.07) is 9.44. The van der Waals surface area contributed by atoms with Crippen LogP contribution in [0.1, 0.15) is 25.3 Å². The maximum Gasteiger partial charge on any atom is 0.201 e. The van der Waals surface area contributed by atoms with E-state index in [2.05, 4.69) is 24.4 Å². The molecular weight excluding hydrogens is 214 g/mol. The fourth-order valence-electron chi connectivity index (χ4n) is 1.36. The topological polar surface area (TPSA) is 98.0 Å². The molecule has 0 bridgehead atoms. The van der Waals surface area contributed by atoms with Crippen LogP contribution in [0.25, 0.3) is 0 Å². The van der Waals surface area contributed by atoms with Crippen molar-refractivity contribution in [1.29, 1.82) is 10.7 Å². The number of nitrogens with one attached hydrogen (secondary N) is 2. The molecule has 1 aromatic rings. The maximum absolute atomic E-state index is 8.71. The van der Waals surface area contributed by atoms with Crippen LogP contribution in [0.2, 0.25) is 0 Å². The van der Waals surface area contributed by atoms with Gasteiger partial charge in [-0.3, -0.25) is 10.8 Å². The van der Waals surface area contributed by atoms with Crippen LogP contribution in [-0.4, -0.2) is 11.5 Å². The summed E-state index contributed by atoms with van der Waals surface area (Å²) in [6.45, 7) is 4.14. The van der Waals surface area contributed by atoms with Gasteiger partial charge in [0.25, 0.3) is 0 Å². The summed E-state index contributed by atoms with van der Waals surface area (Å²) in [7, 11) is 0. The van der Waals surface area contributed by atoms with Crippen molar-refractivity contribution in [3.63, 3.8) is 0 Å². The summed E-state index contributed by atoms with van der Waals surface area (Å²) >= 11 is 0. The molecule has 0 saturated heterocycles. The molecule has 4 N–H and O–H groups in total. The van der Waals surface area contributed by atoms with Gasteiger partial charge in [-0.15, -0.1) is 0 Å². The van der Waals surface area contributed by atoms with Crippen molar-refractivity contribution in [3.8, 4) is 6.07 Å². The average molecular weight is 229 g/mol. The Morgan fingerprint density at radius 3 is 2.65 bits per heavy atom. The number of hydrogen-bond acceptors (Lipinski definition) is 4. The largest absolute Gasteiger partial charge is 0.382 e. The lowest BCUT2D eigenvalue weighted by molar-refractivity contribution is 0.867. The first kappa shape index (κ1) is 12.7. The van der Waals surface area contributed by atoms with Gasteiger partial charge in [0.2, 0.25) is 5.71 Å². The number of nitriles is 1. The molecule has 0 radical (unpaired) electrons. The molecule has 0 atom stereocenters. The van der Waals surface area contributed by atoms with Crippen molar-refractivity contribution >= 4 is 17.2 Å². The molecule has 1 rings (SSSR count). The van der Waals surface area contributed by atoms with Crippen LogP contribution in [0.4, 0.5) is 5.69 Å². The first-order valence-corrected chi connectivity index (χ1v) is 5.23. The third-order valence-electron chi connectivity index (χ3n) is 2.23. The van der Waals surface area contributed by atoms with Gasteiger partial charge in [-0.1, -0.05) is 32.0 Å². The van der Waals surface area contributed by atoms with Crippen LogP contribution in [0.5, 0.6) is 0 Å². The van der Waals surface area contributed by atoms with E-state index >= 15 is 0 Å². The molecule has 0 aliphatic heterocycles. The summed E-state index contributed by atoms with van der Waals surface area (Å²) in [4.78, 5) is 0. The number of amidine groups is 1. The van der Waals surface area contributed by atoms with Crippen LogP contribution in [0, 0.1) is 16.7 Å². The Hall–Kier alpha value is -2.35. The fraction of sp³-hybridized carbons (Fsp3) is 0.250. The quantitative estimate of drug-likeness (QED) is 0.418. The van der Waals surface area contributed by atoms with E-state index in [0.717, 1.165) is 11.3 Å². The average Bonchev–Trinajstić information content (AvgIpc) is 2.29. The van der Waals surface area contributed by atoms with Crippen molar-refractivity contribution in [1.82, 2.24) is 0 Å². The van der Waals surface area contributed by atoms with Gasteiger partial charge in [0.15, 0.2) is 5.84 Å². The van der Waals surface area contributed by atoms with E-state index < -0.39 is 0 Å². The van der Waals surface area contributed by atoms with E-state index in [4.69, 9.17) is 16.4 Å². The Morgan fingerprint density at radius 2 is 2.12 bits per heavy atom. The highest BCUT2D eigenvalue weighted by molar-refractivity contribution is 6.45. The number of hydrogen-bond donors (Lipinski definition) is 3. The molecule has 0 fully saturated rings. The second-order valence-corrected chi connectivity index (χ2v) is 3.84. The zero-order valence-corrected chi connectivity index (χ0v) is 9.86. The number of para-hydroxylation sites is 1. The number of hydrazone groups is 1. The second kappa shape index (κ2) is 5.66. The van der Waals surface area contributed by atoms with Gasteiger partial charge < -0.3 is 5.73 Å². The molecule has 0 saturated carbocycles. The minimum Gasteiger partial charge on any atom is -0.382 e. The van der Waals surface area contributed by atoms with E-state index in [1.165, 1.54) is 0 Å². The number of nitrogens with two attached hydrogens (primary N) is 1. The monoisotopic (exact) mass is 229 g/mol. The van der Waals surface area contributed by atoms with Gasteiger partial charge in [-0.2, -0.15) is 10.4 Å². The lowest BCUT2D eigenvalue weighted by Crippen LogP contribution is -2.22. The van der Waals surface area contributed by atoms with Gasteiger partial charge >= 0.3 is 0 Å². The molecule has 0 amide bonds. The van der Waals surface area contributed by atoms with Crippen molar-refractivity contribution in [2.75, 3.05) is 5.43 Å². The zero-order valence-electron chi connectivity index (χ0n) is 9.86. The Balaban J connectivity index is 2.97. The second-order valence-electron chi connectivity index (χ2n) is 3.84. The van der Waals surface area contributed by atoms with Crippen LogP contribution in [0.3, 0.4) is 0 Å². The molecule has 0 aliphatic rings. The third-order valence-corrected chi connectivity index (χ3v) is 2.23. The lowest BCUT2D eigenvalue weighted by Gasteiger charge is -2.11. The van der Waals surface area contributed by atoms with E-state index in [0.29, 0.717) is 5.92 Å². The van der Waals surface area contributed by atoms with Crippen molar-refractivity contribution < 1.29 is 0 Å². The van der Waals surface area contributed by atoms with Crippen LogP contribution in [0.15, 0.2) is 29.4 Å². The molecule has 1 aromatic carbocycles. The van der Waals surface area contributed by atoms with Gasteiger partial charge in [0, 0.05) is 0 Å². The highest BCUT2D eigenvalue weighted by atomic mass is 15.3. The maximum atomic E-state index is 8.71. The van der Waals surface area contributed by atoms with E-state index in [1.54, 1.807) is 6.07 Å². The number of rotatable bonds is 4. The molecule has 0 aromatic heterocycles. The van der Waals surface area contributed by atoms with Crippen LogP contribution in [-0.2, 0) is 0 Å². The summed E-state index contributed by atoms with van der Waals surface area (Å²) in [5.41, 5.74) is 9.76. The van der Waals surface area contributed by atoms with Crippen molar-refractivity contribution in [2.45, 2.75) is 19.8 Å². The fourth-order valence-corrected chi connectivity index (χ4v) is 1.36. The predicted molar refractivity (Wildman–Crippen MR) is 69.1 cm³/mol. The Kier molecular flexibility index (Phi) is 4.23. The summed E-state index contributed by atoms with van der Waals surface area (Å²) in [5.74, 6) is -0.00112. The Bertz CT molecular complexity index is 482. The molecule has 0 heterocycles. The van der Waals surface area contributed by atoms with E-state index in [-0.39, 0.29) is 11.5 Å². The summed E-state index contributed by atoms with van der Waals surface area (Å²) in [5, 5.41) is 19.7. The molecule has 17 heavy (non-hydrogen) atoms. The molecule has 0 aliphatic carbocycles. The van der Waals surface area contributed by atoms with Gasteiger partial charge in [-0.25, -0.2) is 0 Å². The lowest BCUT2D eigenvalue weighted by atomic mass is 10.0. The number of benzene rings is 1. The Morgan fingerprint density at radius 1 is 1.47 bits per heavy atom. The smallest absolute Gasteiger partial charge is 0.201 e. The molecule has 88 valence electrons. The Labute approximate surface area is 100 Å². The van der Waals surface area contributed by atoms with E-state index in [1.807, 2.05) is 24.3 Å². The summed E-state index contributed by atoms with van der Waals surface area (Å²) in [6.07, 6.45) is 0. The SMILES string of the molecule is CC(C)c1ccccc1N/N=C(\C#N)C(=N)N. The van der Waals surface area contributed by atoms with Crippen LogP contribution < -0.4 is 11.2 Å². The van der Waals surface area contributed by atoms with Gasteiger partial charge in [0.1, 0.15) is 6.07 Å². The minimum absolute atomic E-state index is 0.122. The highest BCUT2D eigenvalue weighted by Crippen LogP contribution is 2.23.